The van der Waals surface area contributed by atoms with E-state index < -0.39 is 0 Å². The minimum absolute atomic E-state index is 0.0735. The summed E-state index contributed by atoms with van der Waals surface area (Å²) < 4.78 is 0. The van der Waals surface area contributed by atoms with Crippen molar-refractivity contribution in [2.45, 2.75) is 26.3 Å². The molecule has 15 heavy (non-hydrogen) atoms. The van der Waals surface area contributed by atoms with E-state index >= 15 is 0 Å². The molecule has 1 aromatic heterocycles. The van der Waals surface area contributed by atoms with Crippen LogP contribution in [0.5, 0.6) is 0 Å². The van der Waals surface area contributed by atoms with Gasteiger partial charge in [-0.3, -0.25) is 4.98 Å². The van der Waals surface area contributed by atoms with Crippen molar-refractivity contribution < 1.29 is 0 Å². The summed E-state index contributed by atoms with van der Waals surface area (Å²) >= 11 is 0. The molecule has 1 N–H and O–H groups in total. The summed E-state index contributed by atoms with van der Waals surface area (Å²) in [5.41, 5.74) is 2.25. The molecule has 0 unspecified atom stereocenters. The Kier molecular flexibility index (Phi) is 2.35. The lowest BCUT2D eigenvalue weighted by atomic mass is 10.1. The van der Waals surface area contributed by atoms with Gasteiger partial charge in [0, 0.05) is 22.8 Å². The molecule has 0 saturated heterocycles. The predicted octanol–water partition coefficient (Wildman–Crippen LogP) is 3.45. The average molecular weight is 200 g/mol. The SMILES string of the molecule is CC(C)(C)Nc1cccc2ncccc12. The van der Waals surface area contributed by atoms with Gasteiger partial charge >= 0.3 is 0 Å². The molecule has 2 heteroatoms. The largest absolute Gasteiger partial charge is 0.380 e. The zero-order valence-corrected chi connectivity index (χ0v) is 9.41. The number of fused-ring (bicyclic) bond motifs is 1. The van der Waals surface area contributed by atoms with Crippen LogP contribution in [0.15, 0.2) is 36.5 Å². The second-order valence-electron chi connectivity index (χ2n) is 4.75. The number of nitrogens with one attached hydrogen (secondary N) is 1. The molecule has 0 amide bonds. The first-order valence-corrected chi connectivity index (χ1v) is 5.18. The van der Waals surface area contributed by atoms with Crippen LogP contribution in [0.25, 0.3) is 10.9 Å². The zero-order chi connectivity index (χ0) is 10.9. The van der Waals surface area contributed by atoms with Gasteiger partial charge < -0.3 is 5.32 Å². The zero-order valence-electron chi connectivity index (χ0n) is 9.41. The molecule has 0 spiro atoms. The molecule has 0 atom stereocenters. The number of hydrogen-bond acceptors (Lipinski definition) is 2. The van der Waals surface area contributed by atoms with Gasteiger partial charge in [0.25, 0.3) is 0 Å². The Bertz CT molecular complexity index is 464. The number of rotatable bonds is 1. The van der Waals surface area contributed by atoms with Crippen LogP contribution in [0.2, 0.25) is 0 Å². The first-order valence-electron chi connectivity index (χ1n) is 5.18. The van der Waals surface area contributed by atoms with Crippen molar-refractivity contribution in [3.05, 3.63) is 36.5 Å². The van der Waals surface area contributed by atoms with Crippen LogP contribution >= 0.6 is 0 Å². The third-order valence-electron chi connectivity index (χ3n) is 2.16. The molecule has 0 aliphatic carbocycles. The highest BCUT2D eigenvalue weighted by molar-refractivity contribution is 5.91. The Labute approximate surface area is 90.3 Å². The van der Waals surface area contributed by atoms with E-state index in [-0.39, 0.29) is 5.54 Å². The Morgan fingerprint density at radius 1 is 1.07 bits per heavy atom. The lowest BCUT2D eigenvalue weighted by Gasteiger charge is -2.23. The molecule has 0 bridgehead atoms. The van der Waals surface area contributed by atoms with Crippen molar-refractivity contribution in [3.8, 4) is 0 Å². The van der Waals surface area contributed by atoms with Gasteiger partial charge in [0.05, 0.1) is 5.52 Å². The second kappa shape index (κ2) is 3.54. The minimum atomic E-state index is 0.0735. The molecular formula is C13H16N2. The third kappa shape index (κ3) is 2.27. The monoisotopic (exact) mass is 200 g/mol. The van der Waals surface area contributed by atoms with Crippen LogP contribution < -0.4 is 5.32 Å². The van der Waals surface area contributed by atoms with E-state index in [1.54, 1.807) is 0 Å². The first-order chi connectivity index (χ1) is 7.06. The maximum Gasteiger partial charge on any atom is 0.0722 e. The van der Waals surface area contributed by atoms with E-state index in [1.807, 2.05) is 24.4 Å². The molecule has 2 nitrogen and oxygen atoms in total. The molecule has 78 valence electrons. The topological polar surface area (TPSA) is 24.9 Å². The lowest BCUT2D eigenvalue weighted by molar-refractivity contribution is 0.635. The Hall–Kier alpha value is -1.57. The Morgan fingerprint density at radius 3 is 2.60 bits per heavy atom. The second-order valence-corrected chi connectivity index (χ2v) is 4.75. The summed E-state index contributed by atoms with van der Waals surface area (Å²) in [6.07, 6.45) is 1.82. The predicted molar refractivity (Wildman–Crippen MR) is 65.1 cm³/mol. The van der Waals surface area contributed by atoms with Gasteiger partial charge in [0.2, 0.25) is 0 Å². The van der Waals surface area contributed by atoms with Gasteiger partial charge in [-0.2, -0.15) is 0 Å². The highest BCUT2D eigenvalue weighted by atomic mass is 15.0. The van der Waals surface area contributed by atoms with Crippen LogP contribution in [0, 0.1) is 0 Å². The average Bonchev–Trinajstić information content (AvgIpc) is 2.16. The Morgan fingerprint density at radius 2 is 1.87 bits per heavy atom. The van der Waals surface area contributed by atoms with E-state index in [2.05, 4.69) is 43.2 Å². The van der Waals surface area contributed by atoms with Crippen molar-refractivity contribution in [2.75, 3.05) is 5.32 Å². The first kappa shape index (κ1) is 9.97. The summed E-state index contributed by atoms with van der Waals surface area (Å²) in [4.78, 5) is 4.33. The summed E-state index contributed by atoms with van der Waals surface area (Å²) in [5.74, 6) is 0. The van der Waals surface area contributed by atoms with Gasteiger partial charge in [-0.25, -0.2) is 0 Å². The van der Waals surface area contributed by atoms with Crippen molar-refractivity contribution in [2.24, 2.45) is 0 Å². The van der Waals surface area contributed by atoms with Crippen molar-refractivity contribution in [3.63, 3.8) is 0 Å². The fourth-order valence-corrected chi connectivity index (χ4v) is 1.62. The Balaban J connectivity index is 2.52. The fraction of sp³-hybridized carbons (Fsp3) is 0.308. The number of aromatic nitrogens is 1. The molecule has 2 aromatic rings. The molecular weight excluding hydrogens is 184 g/mol. The summed E-state index contributed by atoms with van der Waals surface area (Å²) in [7, 11) is 0. The molecule has 1 heterocycles. The van der Waals surface area contributed by atoms with Gasteiger partial charge in [-0.15, -0.1) is 0 Å². The van der Waals surface area contributed by atoms with Gasteiger partial charge in [-0.05, 0) is 45.0 Å². The molecule has 2 rings (SSSR count). The van der Waals surface area contributed by atoms with E-state index in [4.69, 9.17) is 0 Å². The fourth-order valence-electron chi connectivity index (χ4n) is 1.62. The van der Waals surface area contributed by atoms with Gasteiger partial charge in [-0.1, -0.05) is 6.07 Å². The van der Waals surface area contributed by atoms with Crippen LogP contribution in [-0.4, -0.2) is 10.5 Å². The number of hydrogen-bond donors (Lipinski definition) is 1. The number of pyridine rings is 1. The molecule has 0 fully saturated rings. The van der Waals surface area contributed by atoms with Crippen molar-refractivity contribution in [1.82, 2.24) is 4.98 Å². The van der Waals surface area contributed by atoms with Crippen molar-refractivity contribution >= 4 is 16.6 Å². The maximum absolute atomic E-state index is 4.33. The van der Waals surface area contributed by atoms with E-state index in [0.29, 0.717) is 0 Å². The van der Waals surface area contributed by atoms with E-state index in [0.717, 1.165) is 11.2 Å². The van der Waals surface area contributed by atoms with Crippen LogP contribution in [0.4, 0.5) is 5.69 Å². The summed E-state index contributed by atoms with van der Waals surface area (Å²) in [5, 5.41) is 4.66. The van der Waals surface area contributed by atoms with Crippen LogP contribution in [0.1, 0.15) is 20.8 Å². The highest BCUT2D eigenvalue weighted by Crippen LogP contribution is 2.24. The highest BCUT2D eigenvalue weighted by Gasteiger charge is 2.10. The van der Waals surface area contributed by atoms with Crippen LogP contribution in [-0.2, 0) is 0 Å². The molecule has 1 aromatic carbocycles. The maximum atomic E-state index is 4.33. The standard InChI is InChI=1S/C13H16N2/c1-13(2,3)15-12-8-4-7-11-10(12)6-5-9-14-11/h4-9,15H,1-3H3. The van der Waals surface area contributed by atoms with E-state index in [1.165, 1.54) is 5.39 Å². The van der Waals surface area contributed by atoms with Crippen LogP contribution in [0.3, 0.4) is 0 Å². The third-order valence-corrected chi connectivity index (χ3v) is 2.16. The molecule has 0 aliphatic heterocycles. The smallest absolute Gasteiger partial charge is 0.0722 e. The number of anilines is 1. The number of benzene rings is 1. The number of nitrogens with zero attached hydrogens (tertiary/aromatic N) is 1. The van der Waals surface area contributed by atoms with Crippen molar-refractivity contribution in [1.29, 1.82) is 0 Å². The molecule has 0 aliphatic rings. The minimum Gasteiger partial charge on any atom is -0.380 e. The lowest BCUT2D eigenvalue weighted by Crippen LogP contribution is -2.26. The molecule has 0 radical (unpaired) electrons. The summed E-state index contributed by atoms with van der Waals surface area (Å²) in [6, 6.07) is 10.2. The summed E-state index contributed by atoms with van der Waals surface area (Å²) in [6.45, 7) is 6.46. The quantitative estimate of drug-likeness (QED) is 0.762. The normalized spacial score (nSPS) is 11.7. The van der Waals surface area contributed by atoms with Gasteiger partial charge in [0.15, 0.2) is 0 Å². The van der Waals surface area contributed by atoms with E-state index in [9.17, 15) is 0 Å². The van der Waals surface area contributed by atoms with Gasteiger partial charge in [0.1, 0.15) is 0 Å². The molecule has 0 saturated carbocycles.